The molecule has 2 aliphatic rings. The zero-order chi connectivity index (χ0) is 17.8. The van der Waals surface area contributed by atoms with Crippen molar-refractivity contribution in [1.29, 1.82) is 0 Å². The molecule has 0 bridgehead atoms. The van der Waals surface area contributed by atoms with Gasteiger partial charge in [0.1, 0.15) is 12.3 Å². The maximum absolute atomic E-state index is 12.7. The van der Waals surface area contributed by atoms with Gasteiger partial charge in [0.25, 0.3) is 5.91 Å². The lowest BCUT2D eigenvalue weighted by atomic mass is 10.0. The number of piperazine rings is 1. The molecule has 3 heterocycles. The van der Waals surface area contributed by atoms with Crippen molar-refractivity contribution < 1.29 is 18.8 Å². The number of carbonyl (C=O) groups excluding carboxylic acids is 3. The van der Waals surface area contributed by atoms with E-state index in [4.69, 9.17) is 4.42 Å². The first-order chi connectivity index (χ1) is 12.1. The molecule has 2 N–H and O–H groups in total. The van der Waals surface area contributed by atoms with Crippen LogP contribution in [0.25, 0.3) is 0 Å². The maximum Gasteiger partial charge on any atom is 0.255 e. The van der Waals surface area contributed by atoms with Crippen LogP contribution in [-0.2, 0) is 9.59 Å². The third-order valence-corrected chi connectivity index (χ3v) is 4.78. The number of hydrogen-bond acceptors (Lipinski definition) is 5. The Bertz CT molecular complexity index is 637. The van der Waals surface area contributed by atoms with E-state index >= 15 is 0 Å². The van der Waals surface area contributed by atoms with Crippen molar-refractivity contribution in [3.05, 3.63) is 24.2 Å². The van der Waals surface area contributed by atoms with Crippen molar-refractivity contribution in [3.63, 3.8) is 0 Å². The highest BCUT2D eigenvalue weighted by atomic mass is 35.5. The normalized spacial score (nSPS) is 21.7. The van der Waals surface area contributed by atoms with E-state index < -0.39 is 6.04 Å². The molecule has 26 heavy (non-hydrogen) atoms. The lowest BCUT2D eigenvalue weighted by Gasteiger charge is -2.41. The minimum atomic E-state index is -0.625. The van der Waals surface area contributed by atoms with Gasteiger partial charge in [0.2, 0.25) is 11.8 Å². The number of piperidine rings is 1. The molecule has 3 rings (SSSR count). The largest absolute Gasteiger partial charge is 0.472 e. The summed E-state index contributed by atoms with van der Waals surface area (Å²) in [6.07, 6.45) is 4.53. The van der Waals surface area contributed by atoms with E-state index in [1.165, 1.54) is 12.5 Å². The fourth-order valence-corrected chi connectivity index (χ4v) is 3.43. The van der Waals surface area contributed by atoms with Crippen LogP contribution in [0.2, 0.25) is 0 Å². The molecule has 0 spiro atoms. The highest BCUT2D eigenvalue weighted by molar-refractivity contribution is 5.97. The number of likely N-dealkylation sites (tertiary alicyclic amines) is 1. The Morgan fingerprint density at radius 1 is 1.38 bits per heavy atom. The smallest absolute Gasteiger partial charge is 0.255 e. The van der Waals surface area contributed by atoms with Gasteiger partial charge in [-0.2, -0.15) is 0 Å². The summed E-state index contributed by atoms with van der Waals surface area (Å²) in [5.41, 5.74) is 0.391. The number of amides is 3. The Hall–Kier alpha value is -2.06. The summed E-state index contributed by atoms with van der Waals surface area (Å²) in [5.74, 6) is -0.364. The second-order valence-electron chi connectivity index (χ2n) is 6.55. The van der Waals surface area contributed by atoms with Crippen molar-refractivity contribution >= 4 is 30.1 Å². The van der Waals surface area contributed by atoms with E-state index in [1.54, 1.807) is 17.9 Å². The lowest BCUT2D eigenvalue weighted by Crippen LogP contribution is -2.59. The zero-order valence-corrected chi connectivity index (χ0v) is 15.6. The van der Waals surface area contributed by atoms with E-state index in [-0.39, 0.29) is 36.2 Å². The molecular formula is C17H25ClN4O4. The Kier molecular flexibility index (Phi) is 7.05. The predicted molar refractivity (Wildman–Crippen MR) is 97.1 cm³/mol. The summed E-state index contributed by atoms with van der Waals surface area (Å²) >= 11 is 0. The molecule has 1 aromatic rings. The first-order valence-corrected chi connectivity index (χ1v) is 8.68. The van der Waals surface area contributed by atoms with Gasteiger partial charge in [0, 0.05) is 32.2 Å². The van der Waals surface area contributed by atoms with Crippen LogP contribution in [0.4, 0.5) is 0 Å². The monoisotopic (exact) mass is 384 g/mol. The van der Waals surface area contributed by atoms with E-state index in [2.05, 4.69) is 10.6 Å². The fourth-order valence-electron chi connectivity index (χ4n) is 3.43. The van der Waals surface area contributed by atoms with Gasteiger partial charge >= 0.3 is 0 Å². The van der Waals surface area contributed by atoms with Gasteiger partial charge in [0.05, 0.1) is 18.4 Å². The van der Waals surface area contributed by atoms with Gasteiger partial charge in [-0.05, 0) is 25.8 Å². The number of halogens is 1. The first kappa shape index (κ1) is 20.3. The molecular weight excluding hydrogens is 360 g/mol. The minimum Gasteiger partial charge on any atom is -0.472 e. The SMILES string of the molecule is CC(NC(=O)c1ccoc1)C(=O)N1CCCC(N2CCNCC2=O)C1.Cl. The van der Waals surface area contributed by atoms with E-state index in [9.17, 15) is 14.4 Å². The fraction of sp³-hybridized carbons (Fsp3) is 0.588. The summed E-state index contributed by atoms with van der Waals surface area (Å²) < 4.78 is 4.89. The molecule has 0 saturated carbocycles. The molecule has 0 aromatic carbocycles. The lowest BCUT2D eigenvalue weighted by molar-refractivity contribution is -0.141. The third kappa shape index (κ3) is 4.56. The highest BCUT2D eigenvalue weighted by Gasteiger charge is 2.33. The van der Waals surface area contributed by atoms with Gasteiger partial charge < -0.3 is 24.9 Å². The van der Waals surface area contributed by atoms with Crippen LogP contribution in [0.5, 0.6) is 0 Å². The molecule has 2 atom stereocenters. The molecule has 2 unspecified atom stereocenters. The average molecular weight is 385 g/mol. The van der Waals surface area contributed by atoms with Crippen LogP contribution in [0.15, 0.2) is 23.0 Å². The molecule has 9 heteroatoms. The highest BCUT2D eigenvalue weighted by Crippen LogP contribution is 2.18. The molecule has 2 saturated heterocycles. The number of rotatable bonds is 4. The van der Waals surface area contributed by atoms with Gasteiger partial charge in [-0.3, -0.25) is 14.4 Å². The first-order valence-electron chi connectivity index (χ1n) is 8.68. The average Bonchev–Trinajstić information content (AvgIpc) is 3.16. The number of furan rings is 1. The molecule has 0 radical (unpaired) electrons. The minimum absolute atomic E-state index is 0. The number of carbonyl (C=O) groups is 3. The molecule has 2 fully saturated rings. The molecule has 1 aromatic heterocycles. The summed E-state index contributed by atoms with van der Waals surface area (Å²) in [6, 6.07) is 0.989. The topological polar surface area (TPSA) is 94.9 Å². The van der Waals surface area contributed by atoms with Gasteiger partial charge in [-0.25, -0.2) is 0 Å². The third-order valence-electron chi connectivity index (χ3n) is 4.78. The number of nitrogens with zero attached hydrogens (tertiary/aromatic N) is 2. The van der Waals surface area contributed by atoms with Gasteiger partial charge in [-0.15, -0.1) is 12.4 Å². The standard InChI is InChI=1S/C17H24N4O4.ClH/c1-12(19-16(23)13-4-8-25-11-13)17(24)20-6-2-3-14(10-20)21-7-5-18-9-15(21)22;/h4,8,11-12,14,18H,2-3,5-7,9-10H2,1H3,(H,19,23);1H. The summed E-state index contributed by atoms with van der Waals surface area (Å²) in [4.78, 5) is 40.4. The molecule has 0 aliphatic carbocycles. The van der Waals surface area contributed by atoms with Crippen molar-refractivity contribution in [2.24, 2.45) is 0 Å². The zero-order valence-electron chi connectivity index (χ0n) is 14.8. The predicted octanol–water partition coefficient (Wildman–Crippen LogP) is 0.243. The van der Waals surface area contributed by atoms with Crippen molar-refractivity contribution in [2.45, 2.75) is 31.8 Å². The van der Waals surface area contributed by atoms with Crippen molar-refractivity contribution in [3.8, 4) is 0 Å². The van der Waals surface area contributed by atoms with E-state index in [0.29, 0.717) is 31.7 Å². The summed E-state index contributed by atoms with van der Waals surface area (Å²) in [7, 11) is 0. The van der Waals surface area contributed by atoms with E-state index in [1.807, 2.05) is 4.90 Å². The molecule has 3 amide bonds. The molecule has 2 aliphatic heterocycles. The van der Waals surface area contributed by atoms with Crippen LogP contribution < -0.4 is 10.6 Å². The molecule has 8 nitrogen and oxygen atoms in total. The second kappa shape index (κ2) is 9.05. The number of nitrogens with one attached hydrogen (secondary N) is 2. The Morgan fingerprint density at radius 3 is 2.88 bits per heavy atom. The van der Waals surface area contributed by atoms with Crippen LogP contribution in [0.3, 0.4) is 0 Å². The van der Waals surface area contributed by atoms with Crippen molar-refractivity contribution in [2.75, 3.05) is 32.7 Å². The summed E-state index contributed by atoms with van der Waals surface area (Å²) in [6.45, 7) is 4.69. The quantitative estimate of drug-likeness (QED) is 0.775. The van der Waals surface area contributed by atoms with Crippen LogP contribution in [-0.4, -0.2) is 72.3 Å². The van der Waals surface area contributed by atoms with Crippen LogP contribution in [0, 0.1) is 0 Å². The van der Waals surface area contributed by atoms with Crippen molar-refractivity contribution in [1.82, 2.24) is 20.4 Å². The van der Waals surface area contributed by atoms with E-state index in [0.717, 1.165) is 19.4 Å². The second-order valence-corrected chi connectivity index (χ2v) is 6.55. The Balaban J connectivity index is 0.00000243. The molecule has 144 valence electrons. The van der Waals surface area contributed by atoms with Crippen LogP contribution in [0.1, 0.15) is 30.1 Å². The maximum atomic E-state index is 12.7. The Morgan fingerprint density at radius 2 is 2.19 bits per heavy atom. The van der Waals surface area contributed by atoms with Crippen LogP contribution >= 0.6 is 12.4 Å². The van der Waals surface area contributed by atoms with Gasteiger partial charge in [0.15, 0.2) is 0 Å². The summed E-state index contributed by atoms with van der Waals surface area (Å²) in [5, 5.41) is 5.77. The van der Waals surface area contributed by atoms with Gasteiger partial charge in [-0.1, -0.05) is 0 Å². The number of hydrogen-bond donors (Lipinski definition) is 2. The Labute approximate surface area is 158 Å².